The van der Waals surface area contributed by atoms with E-state index in [0.29, 0.717) is 38.4 Å². The Morgan fingerprint density at radius 1 is 1.35 bits per heavy atom. The minimum atomic E-state index is -0.463. The molecule has 17 heavy (non-hydrogen) atoms. The number of nitrogens with zero attached hydrogens (tertiary/aromatic N) is 3. The highest BCUT2D eigenvalue weighted by atomic mass is 19.1. The van der Waals surface area contributed by atoms with E-state index in [1.54, 1.807) is 12.1 Å². The Labute approximate surface area is 100 Å². The van der Waals surface area contributed by atoms with Gasteiger partial charge in [0.25, 0.3) is 0 Å². The van der Waals surface area contributed by atoms with Gasteiger partial charge in [0.05, 0.1) is 0 Å². The molecule has 0 spiro atoms. The molecule has 1 aliphatic rings. The minimum absolute atomic E-state index is 0.178. The molecular formula is C12H16FN3O. The quantitative estimate of drug-likeness (QED) is 0.727. The van der Waals surface area contributed by atoms with Crippen LogP contribution in [0.1, 0.15) is 13.3 Å². The molecule has 2 rings (SSSR count). The summed E-state index contributed by atoms with van der Waals surface area (Å²) >= 11 is 0. The van der Waals surface area contributed by atoms with E-state index in [9.17, 15) is 9.18 Å². The third kappa shape index (κ3) is 2.72. The zero-order valence-electron chi connectivity index (χ0n) is 9.90. The molecule has 1 aliphatic heterocycles. The molecule has 1 fully saturated rings. The summed E-state index contributed by atoms with van der Waals surface area (Å²) in [4.78, 5) is 19.2. The predicted molar refractivity (Wildman–Crippen MR) is 63.3 cm³/mol. The summed E-state index contributed by atoms with van der Waals surface area (Å²) in [5.41, 5.74) is 0. The number of halogens is 1. The first kappa shape index (κ1) is 11.8. The van der Waals surface area contributed by atoms with Crippen molar-refractivity contribution >= 4 is 11.7 Å². The third-order valence-electron chi connectivity index (χ3n) is 2.96. The Bertz CT molecular complexity index is 402. The largest absolute Gasteiger partial charge is 0.353 e. The van der Waals surface area contributed by atoms with Crippen LogP contribution in [0.5, 0.6) is 0 Å². The van der Waals surface area contributed by atoms with E-state index < -0.39 is 5.95 Å². The molecule has 0 bridgehead atoms. The highest BCUT2D eigenvalue weighted by molar-refractivity contribution is 5.76. The van der Waals surface area contributed by atoms with Crippen molar-refractivity contribution in [3.63, 3.8) is 0 Å². The van der Waals surface area contributed by atoms with Crippen molar-refractivity contribution in [3.05, 3.63) is 24.1 Å². The molecule has 0 atom stereocenters. The summed E-state index contributed by atoms with van der Waals surface area (Å²) in [7, 11) is 0. The van der Waals surface area contributed by atoms with Gasteiger partial charge in [-0.05, 0) is 12.1 Å². The topological polar surface area (TPSA) is 36.4 Å². The number of carbonyl (C=O) groups excluding carboxylic acids is 1. The fraction of sp³-hybridized carbons (Fsp3) is 0.500. The number of aromatic nitrogens is 1. The predicted octanol–water partition coefficient (Wildman–Crippen LogP) is 1.28. The maximum absolute atomic E-state index is 13.0. The second-order valence-corrected chi connectivity index (χ2v) is 4.04. The van der Waals surface area contributed by atoms with Gasteiger partial charge in [-0.25, -0.2) is 4.98 Å². The summed E-state index contributed by atoms with van der Waals surface area (Å²) < 4.78 is 13.0. The molecule has 1 aromatic rings. The van der Waals surface area contributed by atoms with Crippen molar-refractivity contribution in [1.29, 1.82) is 0 Å². The summed E-state index contributed by atoms with van der Waals surface area (Å²) in [5.74, 6) is 0.361. The average Bonchev–Trinajstić information content (AvgIpc) is 2.38. The highest BCUT2D eigenvalue weighted by Gasteiger charge is 2.20. The van der Waals surface area contributed by atoms with E-state index in [1.165, 1.54) is 6.07 Å². The molecular weight excluding hydrogens is 221 g/mol. The maximum Gasteiger partial charge on any atom is 0.222 e. The van der Waals surface area contributed by atoms with Crippen molar-refractivity contribution in [3.8, 4) is 0 Å². The van der Waals surface area contributed by atoms with Crippen LogP contribution in [0.3, 0.4) is 0 Å². The number of carbonyl (C=O) groups is 1. The van der Waals surface area contributed by atoms with Gasteiger partial charge >= 0.3 is 0 Å². The zero-order valence-corrected chi connectivity index (χ0v) is 9.90. The van der Waals surface area contributed by atoms with E-state index in [-0.39, 0.29) is 5.91 Å². The van der Waals surface area contributed by atoms with Crippen LogP contribution < -0.4 is 4.90 Å². The van der Waals surface area contributed by atoms with Gasteiger partial charge in [-0.2, -0.15) is 4.39 Å². The first-order valence-electron chi connectivity index (χ1n) is 5.86. The minimum Gasteiger partial charge on any atom is -0.353 e. The average molecular weight is 237 g/mol. The van der Waals surface area contributed by atoms with Crippen LogP contribution in [-0.4, -0.2) is 42.0 Å². The molecule has 1 amide bonds. The molecule has 0 aromatic carbocycles. The number of hydrogen-bond acceptors (Lipinski definition) is 3. The van der Waals surface area contributed by atoms with Crippen molar-refractivity contribution in [2.24, 2.45) is 0 Å². The van der Waals surface area contributed by atoms with Gasteiger partial charge in [0.1, 0.15) is 5.82 Å². The molecule has 0 unspecified atom stereocenters. The Morgan fingerprint density at radius 3 is 2.65 bits per heavy atom. The lowest BCUT2D eigenvalue weighted by Crippen LogP contribution is -2.48. The molecule has 1 saturated heterocycles. The zero-order chi connectivity index (χ0) is 12.3. The Hall–Kier alpha value is -1.65. The molecule has 92 valence electrons. The van der Waals surface area contributed by atoms with Crippen molar-refractivity contribution < 1.29 is 9.18 Å². The first-order valence-corrected chi connectivity index (χ1v) is 5.86. The Morgan fingerprint density at radius 2 is 2.06 bits per heavy atom. The highest BCUT2D eigenvalue weighted by Crippen LogP contribution is 2.14. The third-order valence-corrected chi connectivity index (χ3v) is 2.96. The van der Waals surface area contributed by atoms with Gasteiger partial charge < -0.3 is 9.80 Å². The number of hydrogen-bond donors (Lipinski definition) is 0. The lowest BCUT2D eigenvalue weighted by atomic mass is 10.3. The van der Waals surface area contributed by atoms with Crippen LogP contribution in [0, 0.1) is 5.95 Å². The molecule has 0 saturated carbocycles. The summed E-state index contributed by atoms with van der Waals surface area (Å²) in [6.07, 6.45) is 0.540. The fourth-order valence-electron chi connectivity index (χ4n) is 1.98. The molecule has 0 radical (unpaired) electrons. The van der Waals surface area contributed by atoms with Crippen LogP contribution >= 0.6 is 0 Å². The molecule has 4 nitrogen and oxygen atoms in total. The Balaban J connectivity index is 1.97. The standard InChI is InChI=1S/C12H16FN3O/c1-2-12(17)16-8-6-15(7-9-16)11-5-3-4-10(13)14-11/h3-5H,2,6-9H2,1H3. The van der Waals surface area contributed by atoms with Gasteiger partial charge in [-0.15, -0.1) is 0 Å². The fourth-order valence-corrected chi connectivity index (χ4v) is 1.98. The smallest absolute Gasteiger partial charge is 0.222 e. The normalized spacial score (nSPS) is 16.1. The molecule has 2 heterocycles. The molecule has 0 N–H and O–H groups in total. The molecule has 5 heteroatoms. The maximum atomic E-state index is 13.0. The van der Waals surface area contributed by atoms with Gasteiger partial charge in [0, 0.05) is 32.6 Å². The molecule has 0 aliphatic carbocycles. The van der Waals surface area contributed by atoms with Crippen molar-refractivity contribution in [1.82, 2.24) is 9.88 Å². The second-order valence-electron chi connectivity index (χ2n) is 4.04. The van der Waals surface area contributed by atoms with E-state index in [4.69, 9.17) is 0 Å². The second kappa shape index (κ2) is 5.12. The number of amides is 1. The number of rotatable bonds is 2. The van der Waals surface area contributed by atoms with Crippen LogP contribution in [0.15, 0.2) is 18.2 Å². The number of pyridine rings is 1. The first-order chi connectivity index (χ1) is 8.20. The van der Waals surface area contributed by atoms with Gasteiger partial charge in [-0.3, -0.25) is 4.79 Å². The van der Waals surface area contributed by atoms with Crippen LogP contribution in [0.25, 0.3) is 0 Å². The Kier molecular flexibility index (Phi) is 3.56. The van der Waals surface area contributed by atoms with Crippen LogP contribution in [0.2, 0.25) is 0 Å². The lowest BCUT2D eigenvalue weighted by molar-refractivity contribution is -0.131. The van der Waals surface area contributed by atoms with Gasteiger partial charge in [0.2, 0.25) is 11.9 Å². The number of anilines is 1. The van der Waals surface area contributed by atoms with Gasteiger partial charge in [-0.1, -0.05) is 13.0 Å². The monoisotopic (exact) mass is 237 g/mol. The van der Waals surface area contributed by atoms with E-state index >= 15 is 0 Å². The molecule has 1 aromatic heterocycles. The summed E-state index contributed by atoms with van der Waals surface area (Å²) in [6.45, 7) is 4.66. The lowest BCUT2D eigenvalue weighted by Gasteiger charge is -2.35. The number of piperazine rings is 1. The summed E-state index contributed by atoms with van der Waals surface area (Å²) in [5, 5.41) is 0. The van der Waals surface area contributed by atoms with E-state index in [0.717, 1.165) is 0 Å². The van der Waals surface area contributed by atoms with Crippen molar-refractivity contribution in [2.45, 2.75) is 13.3 Å². The van der Waals surface area contributed by atoms with Crippen molar-refractivity contribution in [2.75, 3.05) is 31.1 Å². The van der Waals surface area contributed by atoms with E-state index in [1.807, 2.05) is 16.7 Å². The van der Waals surface area contributed by atoms with Crippen LogP contribution in [-0.2, 0) is 4.79 Å². The summed E-state index contributed by atoms with van der Waals surface area (Å²) in [6, 6.07) is 4.78. The van der Waals surface area contributed by atoms with E-state index in [2.05, 4.69) is 4.98 Å². The van der Waals surface area contributed by atoms with Crippen LogP contribution in [0.4, 0.5) is 10.2 Å². The van der Waals surface area contributed by atoms with Gasteiger partial charge in [0.15, 0.2) is 0 Å². The SMILES string of the molecule is CCC(=O)N1CCN(c2cccc(F)n2)CC1.